The van der Waals surface area contributed by atoms with Crippen LogP contribution in [0.2, 0.25) is 0 Å². The van der Waals surface area contributed by atoms with Crippen LogP contribution in [0.15, 0.2) is 96.6 Å². The molecule has 0 radical (unpaired) electrons. The average molecular weight is 502 g/mol. The van der Waals surface area contributed by atoms with Crippen molar-refractivity contribution in [2.24, 2.45) is 0 Å². The van der Waals surface area contributed by atoms with Crippen LogP contribution in [-0.4, -0.2) is 18.7 Å². The second-order valence-corrected chi connectivity index (χ2v) is 10.7. The lowest BCUT2D eigenvalue weighted by atomic mass is 9.85. The van der Waals surface area contributed by atoms with E-state index in [0.717, 1.165) is 39.5 Å². The van der Waals surface area contributed by atoms with Crippen LogP contribution >= 0.6 is 0 Å². The van der Waals surface area contributed by atoms with Gasteiger partial charge in [-0.3, -0.25) is 9.59 Å². The standard InChI is InChI=1S/C34H31NO3/c1-22-7-6-8-27(19-22)35(26-14-16-28(38-5)17-15-26)25-12-9-23(10-13-25)20-31-32(36)29-18-11-24(34(2,3)4)21-30(29)33(31)37/h6-21H,1-5H3. The summed E-state index contributed by atoms with van der Waals surface area (Å²) in [6.07, 6.45) is 1.70. The number of rotatable bonds is 5. The van der Waals surface area contributed by atoms with Crippen LogP contribution in [0.3, 0.4) is 0 Å². The van der Waals surface area contributed by atoms with Crippen molar-refractivity contribution >= 4 is 34.7 Å². The van der Waals surface area contributed by atoms with Crippen LogP contribution in [0.5, 0.6) is 5.75 Å². The van der Waals surface area contributed by atoms with Crippen molar-refractivity contribution in [2.45, 2.75) is 33.1 Å². The number of hydrogen-bond acceptors (Lipinski definition) is 4. The number of carbonyl (C=O) groups excluding carboxylic acids is 2. The molecule has 0 heterocycles. The third-order valence-corrected chi connectivity index (χ3v) is 6.92. The SMILES string of the molecule is COc1ccc(N(c2ccc(C=C3C(=O)c4ccc(C(C)(C)C)cc4C3=O)cc2)c2cccc(C)c2)cc1. The number of benzene rings is 4. The molecule has 0 fully saturated rings. The molecule has 0 aliphatic heterocycles. The molecule has 0 saturated heterocycles. The van der Waals surface area contributed by atoms with Gasteiger partial charge in [0.1, 0.15) is 5.75 Å². The molecule has 0 unspecified atom stereocenters. The molecule has 4 heteroatoms. The Morgan fingerprint density at radius 3 is 1.95 bits per heavy atom. The zero-order valence-electron chi connectivity index (χ0n) is 22.4. The van der Waals surface area contributed by atoms with Gasteiger partial charge in [0.05, 0.1) is 12.7 Å². The minimum Gasteiger partial charge on any atom is -0.497 e. The zero-order chi connectivity index (χ0) is 27.0. The van der Waals surface area contributed by atoms with Gasteiger partial charge in [0.2, 0.25) is 0 Å². The van der Waals surface area contributed by atoms with E-state index in [1.54, 1.807) is 19.3 Å². The summed E-state index contributed by atoms with van der Waals surface area (Å²) in [5.74, 6) is 0.371. The molecule has 38 heavy (non-hydrogen) atoms. The monoisotopic (exact) mass is 501 g/mol. The maximum atomic E-state index is 13.2. The molecule has 190 valence electrons. The van der Waals surface area contributed by atoms with Crippen molar-refractivity contribution in [1.29, 1.82) is 0 Å². The number of carbonyl (C=O) groups is 2. The van der Waals surface area contributed by atoms with Gasteiger partial charge < -0.3 is 9.64 Å². The van der Waals surface area contributed by atoms with E-state index >= 15 is 0 Å². The molecule has 5 rings (SSSR count). The second-order valence-electron chi connectivity index (χ2n) is 10.7. The quantitative estimate of drug-likeness (QED) is 0.204. The summed E-state index contributed by atoms with van der Waals surface area (Å²) in [5, 5.41) is 0. The number of hydrogen-bond donors (Lipinski definition) is 0. The highest BCUT2D eigenvalue weighted by Gasteiger charge is 2.34. The largest absolute Gasteiger partial charge is 0.497 e. The van der Waals surface area contributed by atoms with Gasteiger partial charge in [0, 0.05) is 28.2 Å². The molecule has 4 aromatic carbocycles. The van der Waals surface area contributed by atoms with E-state index in [1.807, 2.05) is 66.7 Å². The van der Waals surface area contributed by atoms with E-state index < -0.39 is 0 Å². The summed E-state index contributed by atoms with van der Waals surface area (Å²) < 4.78 is 5.34. The third-order valence-electron chi connectivity index (χ3n) is 6.92. The zero-order valence-corrected chi connectivity index (χ0v) is 22.4. The number of allylic oxidation sites excluding steroid dienone is 1. The van der Waals surface area contributed by atoms with E-state index in [0.29, 0.717) is 11.1 Å². The summed E-state index contributed by atoms with van der Waals surface area (Å²) in [7, 11) is 1.66. The molecule has 4 aromatic rings. The van der Waals surface area contributed by atoms with Crippen LogP contribution < -0.4 is 9.64 Å². The Hall–Kier alpha value is -4.44. The van der Waals surface area contributed by atoms with Crippen LogP contribution in [0.1, 0.15) is 58.2 Å². The second kappa shape index (κ2) is 9.79. The fourth-order valence-corrected chi connectivity index (χ4v) is 4.75. The van der Waals surface area contributed by atoms with Gasteiger partial charge >= 0.3 is 0 Å². The fourth-order valence-electron chi connectivity index (χ4n) is 4.75. The summed E-state index contributed by atoms with van der Waals surface area (Å²) in [4.78, 5) is 28.5. The molecule has 1 aliphatic rings. The van der Waals surface area contributed by atoms with Crippen molar-refractivity contribution in [2.75, 3.05) is 12.0 Å². The first-order valence-electron chi connectivity index (χ1n) is 12.7. The molecule has 0 spiro atoms. The van der Waals surface area contributed by atoms with E-state index in [-0.39, 0.29) is 22.6 Å². The first kappa shape index (κ1) is 25.2. The minimum atomic E-state index is -0.214. The van der Waals surface area contributed by atoms with E-state index in [9.17, 15) is 9.59 Å². The maximum absolute atomic E-state index is 13.2. The highest BCUT2D eigenvalue weighted by atomic mass is 16.5. The van der Waals surface area contributed by atoms with Gasteiger partial charge in [-0.15, -0.1) is 0 Å². The van der Waals surface area contributed by atoms with Gasteiger partial charge in [-0.1, -0.05) is 51.1 Å². The van der Waals surface area contributed by atoms with Crippen LogP contribution in [0.25, 0.3) is 6.08 Å². The maximum Gasteiger partial charge on any atom is 0.197 e. The summed E-state index contributed by atoms with van der Waals surface area (Å²) in [6, 6.07) is 29.8. The average Bonchev–Trinajstić information content (AvgIpc) is 3.14. The minimum absolute atomic E-state index is 0.103. The highest BCUT2D eigenvalue weighted by molar-refractivity contribution is 6.41. The molecule has 1 aliphatic carbocycles. The highest BCUT2D eigenvalue weighted by Crippen LogP contribution is 2.37. The van der Waals surface area contributed by atoms with Gasteiger partial charge in [0.15, 0.2) is 11.6 Å². The molecule has 0 N–H and O–H groups in total. The van der Waals surface area contributed by atoms with Crippen molar-refractivity contribution in [1.82, 2.24) is 0 Å². The molecule has 0 amide bonds. The first-order chi connectivity index (χ1) is 18.2. The number of anilines is 3. The number of Topliss-reactive ketones (excluding diaryl/α,β-unsaturated/α-hetero) is 2. The van der Waals surface area contributed by atoms with E-state index in [4.69, 9.17) is 4.74 Å². The van der Waals surface area contributed by atoms with E-state index in [1.165, 1.54) is 0 Å². The van der Waals surface area contributed by atoms with Crippen LogP contribution in [0, 0.1) is 6.92 Å². The predicted molar refractivity (Wildman–Crippen MR) is 154 cm³/mol. The van der Waals surface area contributed by atoms with Crippen molar-refractivity contribution in [3.63, 3.8) is 0 Å². The summed E-state index contributed by atoms with van der Waals surface area (Å²) in [5.41, 5.74) is 7.08. The number of nitrogens with zero attached hydrogens (tertiary/aromatic N) is 1. The molecule has 4 nitrogen and oxygen atoms in total. The van der Waals surface area contributed by atoms with Crippen molar-refractivity contribution in [3.05, 3.63) is 124 Å². The summed E-state index contributed by atoms with van der Waals surface area (Å²) in [6.45, 7) is 8.36. The van der Waals surface area contributed by atoms with Gasteiger partial charge in [0.25, 0.3) is 0 Å². The topological polar surface area (TPSA) is 46.6 Å². The molecule has 0 saturated carbocycles. The lowest BCUT2D eigenvalue weighted by Crippen LogP contribution is -2.12. The third kappa shape index (κ3) is 4.78. The summed E-state index contributed by atoms with van der Waals surface area (Å²) >= 11 is 0. The van der Waals surface area contributed by atoms with Gasteiger partial charge in [-0.2, -0.15) is 0 Å². The first-order valence-corrected chi connectivity index (χ1v) is 12.7. The molecular formula is C34H31NO3. The number of ketones is 2. The Morgan fingerprint density at radius 2 is 1.34 bits per heavy atom. The van der Waals surface area contributed by atoms with Gasteiger partial charge in [-0.25, -0.2) is 0 Å². The number of methoxy groups -OCH3 is 1. The Bertz CT molecular complexity index is 1560. The Labute approximate surface area is 224 Å². The Kier molecular flexibility index (Phi) is 6.50. The lowest BCUT2D eigenvalue weighted by molar-refractivity contribution is 0.0990. The number of aryl methyl sites for hydroxylation is 1. The van der Waals surface area contributed by atoms with Gasteiger partial charge in [-0.05, 0) is 95.8 Å². The molecule has 0 atom stereocenters. The number of fused-ring (bicyclic) bond motifs is 1. The lowest BCUT2D eigenvalue weighted by Gasteiger charge is -2.26. The van der Waals surface area contributed by atoms with Crippen molar-refractivity contribution in [3.8, 4) is 5.75 Å². The molecule has 0 aromatic heterocycles. The predicted octanol–water partition coefficient (Wildman–Crippen LogP) is 8.23. The van der Waals surface area contributed by atoms with Crippen LogP contribution in [-0.2, 0) is 5.41 Å². The number of ether oxygens (including phenoxy) is 1. The molecular weight excluding hydrogens is 470 g/mol. The van der Waals surface area contributed by atoms with Crippen LogP contribution in [0.4, 0.5) is 17.1 Å². The van der Waals surface area contributed by atoms with Crippen molar-refractivity contribution < 1.29 is 14.3 Å². The molecule has 0 bridgehead atoms. The Morgan fingerprint density at radius 1 is 0.711 bits per heavy atom. The normalized spacial score (nSPS) is 14.1. The van der Waals surface area contributed by atoms with E-state index in [2.05, 4.69) is 50.8 Å². The fraction of sp³-hybridized carbons (Fsp3) is 0.176. The smallest absolute Gasteiger partial charge is 0.197 e. The Balaban J connectivity index is 1.49.